The van der Waals surface area contributed by atoms with Crippen molar-refractivity contribution in [2.75, 3.05) is 26.4 Å². The van der Waals surface area contributed by atoms with E-state index in [1.54, 1.807) is 12.1 Å². The summed E-state index contributed by atoms with van der Waals surface area (Å²) in [5.41, 5.74) is -0.0186. The average molecular weight is 336 g/mol. The highest BCUT2D eigenvalue weighted by molar-refractivity contribution is 6.02. The maximum atomic E-state index is 11.9. The molecule has 0 saturated heterocycles. The number of aromatic carboxylic acids is 1. The summed E-state index contributed by atoms with van der Waals surface area (Å²) in [5.74, 6) is -1.81. The Balaban J connectivity index is 1.59. The van der Waals surface area contributed by atoms with Crippen LogP contribution in [0.15, 0.2) is 24.3 Å². The van der Waals surface area contributed by atoms with Gasteiger partial charge in [-0.1, -0.05) is 31.4 Å². The molecular weight excluding hydrogens is 312 g/mol. The molecule has 0 aliphatic heterocycles. The summed E-state index contributed by atoms with van der Waals surface area (Å²) in [5, 5.41) is 9.04. The van der Waals surface area contributed by atoms with E-state index in [0.717, 1.165) is 12.8 Å². The fourth-order valence-corrected chi connectivity index (χ4v) is 2.73. The lowest BCUT2D eigenvalue weighted by atomic mass is 9.98. The lowest BCUT2D eigenvalue weighted by Crippen LogP contribution is -2.20. The standard InChI is InChI=1S/C18H24O6/c19-17(20)15-8-4-5-9-16(15)18(21)24-13-11-22-10-12-23-14-6-2-1-3-7-14/h4-5,8-9,14H,1-3,6-7,10-13H2,(H,19,20). The van der Waals surface area contributed by atoms with Crippen molar-refractivity contribution < 1.29 is 28.9 Å². The molecule has 0 heterocycles. The lowest BCUT2D eigenvalue weighted by molar-refractivity contribution is -0.0189. The third kappa shape index (κ3) is 5.94. The summed E-state index contributed by atoms with van der Waals surface area (Å²) in [7, 11) is 0. The molecule has 1 aliphatic carbocycles. The number of esters is 1. The van der Waals surface area contributed by atoms with Crippen molar-refractivity contribution in [3.63, 3.8) is 0 Å². The van der Waals surface area contributed by atoms with Crippen molar-refractivity contribution in [3.8, 4) is 0 Å². The number of benzene rings is 1. The molecule has 0 amide bonds. The van der Waals surface area contributed by atoms with Gasteiger partial charge in [0.25, 0.3) is 0 Å². The van der Waals surface area contributed by atoms with E-state index in [0.29, 0.717) is 19.3 Å². The number of carbonyl (C=O) groups is 2. The van der Waals surface area contributed by atoms with Gasteiger partial charge in [-0.2, -0.15) is 0 Å². The molecule has 6 nitrogen and oxygen atoms in total. The first-order chi connectivity index (χ1) is 11.7. The highest BCUT2D eigenvalue weighted by Gasteiger charge is 2.17. The van der Waals surface area contributed by atoms with Crippen LogP contribution in [-0.2, 0) is 14.2 Å². The van der Waals surface area contributed by atoms with Gasteiger partial charge in [-0.3, -0.25) is 0 Å². The summed E-state index contributed by atoms with van der Waals surface area (Å²) in [6.07, 6.45) is 6.37. The largest absolute Gasteiger partial charge is 0.478 e. The number of ether oxygens (including phenoxy) is 3. The summed E-state index contributed by atoms with van der Waals surface area (Å²) >= 11 is 0. The molecule has 1 aromatic carbocycles. The quantitative estimate of drug-likeness (QED) is 0.551. The molecule has 2 rings (SSSR count). The Kier molecular flexibility index (Phi) is 7.71. The molecule has 1 fully saturated rings. The monoisotopic (exact) mass is 336 g/mol. The summed E-state index contributed by atoms with van der Waals surface area (Å²) in [6.45, 7) is 1.34. The van der Waals surface area contributed by atoms with Crippen LogP contribution in [0.3, 0.4) is 0 Å². The summed E-state index contributed by atoms with van der Waals surface area (Å²) in [6, 6.07) is 5.97. The zero-order valence-corrected chi connectivity index (χ0v) is 13.7. The second-order valence-electron chi connectivity index (χ2n) is 5.73. The van der Waals surface area contributed by atoms with E-state index in [4.69, 9.17) is 19.3 Å². The molecule has 1 N–H and O–H groups in total. The highest BCUT2D eigenvalue weighted by Crippen LogP contribution is 2.19. The second-order valence-corrected chi connectivity index (χ2v) is 5.73. The molecule has 132 valence electrons. The predicted octanol–water partition coefficient (Wildman–Crippen LogP) is 2.91. The van der Waals surface area contributed by atoms with Crippen LogP contribution in [0, 0.1) is 0 Å². The molecule has 0 spiro atoms. The van der Waals surface area contributed by atoms with Crippen LogP contribution in [-0.4, -0.2) is 49.6 Å². The molecule has 6 heteroatoms. The zero-order chi connectivity index (χ0) is 17.2. The maximum Gasteiger partial charge on any atom is 0.339 e. The number of rotatable bonds is 9. The van der Waals surface area contributed by atoms with E-state index < -0.39 is 11.9 Å². The first-order valence-electron chi connectivity index (χ1n) is 8.37. The molecule has 24 heavy (non-hydrogen) atoms. The van der Waals surface area contributed by atoms with Crippen LogP contribution in [0.25, 0.3) is 0 Å². The average Bonchev–Trinajstić information content (AvgIpc) is 2.61. The van der Waals surface area contributed by atoms with Crippen molar-refractivity contribution in [1.29, 1.82) is 0 Å². The Morgan fingerprint density at radius 1 is 0.958 bits per heavy atom. The minimum atomic E-state index is -1.15. The van der Waals surface area contributed by atoms with Crippen LogP contribution in [0.5, 0.6) is 0 Å². The van der Waals surface area contributed by atoms with Gasteiger partial charge in [0, 0.05) is 0 Å². The van der Waals surface area contributed by atoms with Crippen molar-refractivity contribution >= 4 is 11.9 Å². The molecule has 0 aromatic heterocycles. The van der Waals surface area contributed by atoms with Crippen LogP contribution in [0.4, 0.5) is 0 Å². The maximum absolute atomic E-state index is 11.9. The van der Waals surface area contributed by atoms with Crippen molar-refractivity contribution in [2.45, 2.75) is 38.2 Å². The number of hydrogen-bond acceptors (Lipinski definition) is 5. The van der Waals surface area contributed by atoms with Crippen LogP contribution in [0.1, 0.15) is 52.8 Å². The number of hydrogen-bond donors (Lipinski definition) is 1. The van der Waals surface area contributed by atoms with E-state index in [2.05, 4.69) is 0 Å². The third-order valence-corrected chi connectivity index (χ3v) is 3.97. The molecule has 0 unspecified atom stereocenters. The van der Waals surface area contributed by atoms with Crippen molar-refractivity contribution in [3.05, 3.63) is 35.4 Å². The molecular formula is C18H24O6. The Bertz CT molecular complexity index is 536. The smallest absolute Gasteiger partial charge is 0.339 e. The van der Waals surface area contributed by atoms with Gasteiger partial charge < -0.3 is 19.3 Å². The van der Waals surface area contributed by atoms with Gasteiger partial charge in [-0.15, -0.1) is 0 Å². The van der Waals surface area contributed by atoms with Gasteiger partial charge in [-0.05, 0) is 25.0 Å². The second kappa shape index (κ2) is 10.1. The first kappa shape index (κ1) is 18.4. The molecule has 0 atom stereocenters. The van der Waals surface area contributed by atoms with Crippen LogP contribution in [0.2, 0.25) is 0 Å². The van der Waals surface area contributed by atoms with E-state index in [1.807, 2.05) is 0 Å². The predicted molar refractivity (Wildman–Crippen MR) is 87.3 cm³/mol. The van der Waals surface area contributed by atoms with Gasteiger partial charge in [-0.25, -0.2) is 9.59 Å². The van der Waals surface area contributed by atoms with Gasteiger partial charge in [0.2, 0.25) is 0 Å². The zero-order valence-electron chi connectivity index (χ0n) is 13.7. The van der Waals surface area contributed by atoms with Gasteiger partial charge in [0.15, 0.2) is 0 Å². The number of carbonyl (C=O) groups excluding carboxylic acids is 1. The fourth-order valence-electron chi connectivity index (χ4n) is 2.73. The fraction of sp³-hybridized carbons (Fsp3) is 0.556. The van der Waals surface area contributed by atoms with E-state index in [-0.39, 0.29) is 24.3 Å². The normalized spacial score (nSPS) is 15.2. The minimum Gasteiger partial charge on any atom is -0.478 e. The van der Waals surface area contributed by atoms with Gasteiger partial charge in [0.05, 0.1) is 37.1 Å². The molecule has 1 aliphatic rings. The van der Waals surface area contributed by atoms with Crippen LogP contribution >= 0.6 is 0 Å². The molecule has 0 bridgehead atoms. The number of carboxylic acid groups (broad SMARTS) is 1. The summed E-state index contributed by atoms with van der Waals surface area (Å²) in [4.78, 5) is 23.0. The Morgan fingerprint density at radius 3 is 2.33 bits per heavy atom. The topological polar surface area (TPSA) is 82.1 Å². The molecule has 1 aromatic rings. The Labute approximate surface area is 141 Å². The first-order valence-corrected chi connectivity index (χ1v) is 8.37. The van der Waals surface area contributed by atoms with E-state index >= 15 is 0 Å². The van der Waals surface area contributed by atoms with Gasteiger partial charge >= 0.3 is 11.9 Å². The minimum absolute atomic E-state index is 0.0469. The van der Waals surface area contributed by atoms with E-state index in [9.17, 15) is 9.59 Å². The number of carboxylic acids is 1. The third-order valence-electron chi connectivity index (χ3n) is 3.97. The SMILES string of the molecule is O=C(O)c1ccccc1C(=O)OCCOCCOC1CCCCC1. The molecule has 0 radical (unpaired) electrons. The Hall–Kier alpha value is -1.92. The van der Waals surface area contributed by atoms with Crippen molar-refractivity contribution in [1.82, 2.24) is 0 Å². The molecule has 1 saturated carbocycles. The van der Waals surface area contributed by atoms with Crippen LogP contribution < -0.4 is 0 Å². The van der Waals surface area contributed by atoms with Crippen molar-refractivity contribution in [2.24, 2.45) is 0 Å². The van der Waals surface area contributed by atoms with E-state index in [1.165, 1.54) is 31.4 Å². The summed E-state index contributed by atoms with van der Waals surface area (Å²) < 4.78 is 16.1. The van der Waals surface area contributed by atoms with Gasteiger partial charge in [0.1, 0.15) is 6.61 Å². The Morgan fingerprint density at radius 2 is 1.62 bits per heavy atom. The highest BCUT2D eigenvalue weighted by atomic mass is 16.6. The lowest BCUT2D eigenvalue weighted by Gasteiger charge is -2.21.